The van der Waals surface area contributed by atoms with E-state index in [1.54, 1.807) is 14.2 Å². The summed E-state index contributed by atoms with van der Waals surface area (Å²) in [6.07, 6.45) is 0.742. The highest BCUT2D eigenvalue weighted by molar-refractivity contribution is 5.51. The molecule has 17 heavy (non-hydrogen) atoms. The molecule has 0 saturated carbocycles. The second-order valence-corrected chi connectivity index (χ2v) is 3.93. The van der Waals surface area contributed by atoms with E-state index < -0.39 is 0 Å². The fraction of sp³-hybridized carbons (Fsp3) is 0.538. The van der Waals surface area contributed by atoms with E-state index in [0.717, 1.165) is 17.7 Å². The number of nitrogens with two attached hydrogens (primary N) is 1. The molecule has 1 rings (SSSR count). The third-order valence-corrected chi connectivity index (χ3v) is 2.41. The molecule has 0 heterocycles. The fourth-order valence-electron chi connectivity index (χ4n) is 1.71. The van der Waals surface area contributed by atoms with Crippen LogP contribution in [0.2, 0.25) is 0 Å². The number of benzene rings is 1. The molecule has 0 radical (unpaired) electrons. The van der Waals surface area contributed by atoms with Crippen molar-refractivity contribution in [1.29, 1.82) is 0 Å². The Balaban J connectivity index is 3.12. The molecule has 1 aromatic carbocycles. The van der Waals surface area contributed by atoms with E-state index >= 15 is 0 Å². The van der Waals surface area contributed by atoms with Crippen molar-refractivity contribution < 1.29 is 14.2 Å². The van der Waals surface area contributed by atoms with Crippen molar-refractivity contribution in [2.24, 2.45) is 5.73 Å². The molecule has 96 valence electrons. The van der Waals surface area contributed by atoms with Gasteiger partial charge in [0.15, 0.2) is 11.5 Å². The lowest BCUT2D eigenvalue weighted by Crippen LogP contribution is -2.18. The van der Waals surface area contributed by atoms with Crippen LogP contribution in [0.1, 0.15) is 19.4 Å². The van der Waals surface area contributed by atoms with Crippen molar-refractivity contribution in [1.82, 2.24) is 0 Å². The summed E-state index contributed by atoms with van der Waals surface area (Å²) in [6.45, 7) is 4.48. The van der Waals surface area contributed by atoms with Gasteiger partial charge in [0.1, 0.15) is 5.75 Å². The zero-order valence-corrected chi connectivity index (χ0v) is 10.9. The van der Waals surface area contributed by atoms with E-state index in [4.69, 9.17) is 19.9 Å². The average Bonchev–Trinajstić information content (AvgIpc) is 2.30. The Morgan fingerprint density at radius 2 is 1.76 bits per heavy atom. The van der Waals surface area contributed by atoms with Crippen molar-refractivity contribution in [2.75, 3.05) is 20.8 Å². The zero-order valence-electron chi connectivity index (χ0n) is 10.9. The topological polar surface area (TPSA) is 53.7 Å². The normalized spacial score (nSPS) is 12.1. The van der Waals surface area contributed by atoms with Gasteiger partial charge < -0.3 is 19.9 Å². The maximum atomic E-state index is 5.81. The molecule has 0 bridgehead atoms. The van der Waals surface area contributed by atoms with Gasteiger partial charge in [0.25, 0.3) is 0 Å². The number of hydrogen-bond donors (Lipinski definition) is 1. The van der Waals surface area contributed by atoms with Gasteiger partial charge in [-0.05, 0) is 31.9 Å². The standard InChI is InChI=1S/C13H21NO3/c1-5-17-13-8-11(15-3)10(6-9(2)14)7-12(13)16-4/h7-9H,5-6,14H2,1-4H3/t9-/m1/s1. The predicted octanol–water partition coefficient (Wildman–Crippen LogP) is 1.99. The van der Waals surface area contributed by atoms with Crippen LogP contribution in [0.5, 0.6) is 17.2 Å². The van der Waals surface area contributed by atoms with Crippen LogP contribution in [0, 0.1) is 0 Å². The first-order chi connectivity index (χ1) is 8.12. The molecule has 4 nitrogen and oxygen atoms in total. The molecular weight excluding hydrogens is 218 g/mol. The molecule has 0 amide bonds. The van der Waals surface area contributed by atoms with Gasteiger partial charge in [-0.2, -0.15) is 0 Å². The predicted molar refractivity (Wildman–Crippen MR) is 68.1 cm³/mol. The Hall–Kier alpha value is -1.42. The maximum absolute atomic E-state index is 5.81. The van der Waals surface area contributed by atoms with Crippen LogP contribution in [0.25, 0.3) is 0 Å². The average molecular weight is 239 g/mol. The molecule has 0 aliphatic heterocycles. The zero-order chi connectivity index (χ0) is 12.8. The van der Waals surface area contributed by atoms with Gasteiger partial charge in [-0.1, -0.05) is 0 Å². The van der Waals surface area contributed by atoms with Gasteiger partial charge in [0, 0.05) is 12.1 Å². The van der Waals surface area contributed by atoms with Crippen molar-refractivity contribution in [3.63, 3.8) is 0 Å². The first-order valence-corrected chi connectivity index (χ1v) is 5.75. The molecule has 1 atom stereocenters. The molecule has 4 heteroatoms. The second-order valence-electron chi connectivity index (χ2n) is 3.93. The first kappa shape index (κ1) is 13.6. The summed E-state index contributed by atoms with van der Waals surface area (Å²) < 4.78 is 16.1. The van der Waals surface area contributed by atoms with Gasteiger partial charge >= 0.3 is 0 Å². The van der Waals surface area contributed by atoms with Crippen molar-refractivity contribution >= 4 is 0 Å². The Bertz CT molecular complexity index is 364. The van der Waals surface area contributed by atoms with Gasteiger partial charge in [-0.25, -0.2) is 0 Å². The highest BCUT2D eigenvalue weighted by atomic mass is 16.5. The highest BCUT2D eigenvalue weighted by Crippen LogP contribution is 2.35. The molecule has 0 aliphatic rings. The number of hydrogen-bond acceptors (Lipinski definition) is 4. The molecule has 0 spiro atoms. The summed E-state index contributed by atoms with van der Waals surface area (Å²) in [4.78, 5) is 0. The van der Waals surface area contributed by atoms with Crippen LogP contribution in [-0.4, -0.2) is 26.9 Å². The third kappa shape index (κ3) is 3.53. The van der Waals surface area contributed by atoms with Crippen LogP contribution in [0.15, 0.2) is 12.1 Å². The summed E-state index contributed by atoms with van der Waals surface area (Å²) >= 11 is 0. The third-order valence-electron chi connectivity index (χ3n) is 2.41. The fourth-order valence-corrected chi connectivity index (χ4v) is 1.71. The van der Waals surface area contributed by atoms with Gasteiger partial charge in [-0.15, -0.1) is 0 Å². The minimum absolute atomic E-state index is 0.0755. The van der Waals surface area contributed by atoms with Gasteiger partial charge in [-0.3, -0.25) is 0 Å². The SMILES string of the molecule is CCOc1cc(OC)c(C[C@@H](C)N)cc1OC. The summed E-state index contributed by atoms with van der Waals surface area (Å²) in [7, 11) is 3.27. The monoisotopic (exact) mass is 239 g/mol. The van der Waals surface area contributed by atoms with Gasteiger partial charge in [0.05, 0.1) is 20.8 Å². The summed E-state index contributed by atoms with van der Waals surface area (Å²) in [5.41, 5.74) is 6.84. The second kappa shape index (κ2) is 6.35. The van der Waals surface area contributed by atoms with E-state index in [9.17, 15) is 0 Å². The molecule has 2 N–H and O–H groups in total. The summed E-state index contributed by atoms with van der Waals surface area (Å²) in [5, 5.41) is 0. The van der Waals surface area contributed by atoms with Crippen LogP contribution < -0.4 is 19.9 Å². The van der Waals surface area contributed by atoms with Crippen molar-refractivity contribution in [3.05, 3.63) is 17.7 Å². The van der Waals surface area contributed by atoms with E-state index in [1.807, 2.05) is 26.0 Å². The van der Waals surface area contributed by atoms with Crippen LogP contribution in [-0.2, 0) is 6.42 Å². The van der Waals surface area contributed by atoms with Crippen LogP contribution in [0.4, 0.5) is 0 Å². The Kier molecular flexibility index (Phi) is 5.10. The first-order valence-electron chi connectivity index (χ1n) is 5.75. The highest BCUT2D eigenvalue weighted by Gasteiger charge is 2.13. The lowest BCUT2D eigenvalue weighted by Gasteiger charge is -2.16. The number of ether oxygens (including phenoxy) is 3. The summed E-state index contributed by atoms with van der Waals surface area (Å²) in [6, 6.07) is 3.85. The molecule has 1 aromatic rings. The minimum atomic E-state index is 0.0755. The van der Waals surface area contributed by atoms with Crippen LogP contribution in [0.3, 0.4) is 0 Å². The van der Waals surface area contributed by atoms with E-state index in [0.29, 0.717) is 18.1 Å². The minimum Gasteiger partial charge on any atom is -0.496 e. The molecule has 0 unspecified atom stereocenters. The smallest absolute Gasteiger partial charge is 0.164 e. The Morgan fingerprint density at radius 3 is 2.24 bits per heavy atom. The van der Waals surface area contributed by atoms with E-state index in [1.165, 1.54) is 0 Å². The molecule has 0 aliphatic carbocycles. The maximum Gasteiger partial charge on any atom is 0.164 e. The molecule has 0 aromatic heterocycles. The number of methoxy groups -OCH3 is 2. The largest absolute Gasteiger partial charge is 0.496 e. The quantitative estimate of drug-likeness (QED) is 0.825. The summed E-state index contributed by atoms with van der Waals surface area (Å²) in [5.74, 6) is 2.19. The Labute approximate surface area is 103 Å². The number of rotatable bonds is 6. The van der Waals surface area contributed by atoms with Crippen molar-refractivity contribution in [2.45, 2.75) is 26.3 Å². The molecule has 0 fully saturated rings. The lowest BCUT2D eigenvalue weighted by molar-refractivity contribution is 0.307. The van der Waals surface area contributed by atoms with E-state index in [2.05, 4.69) is 0 Å². The molecular formula is C13H21NO3. The van der Waals surface area contributed by atoms with Gasteiger partial charge in [0.2, 0.25) is 0 Å². The van der Waals surface area contributed by atoms with Crippen molar-refractivity contribution in [3.8, 4) is 17.2 Å². The molecule has 0 saturated heterocycles. The van der Waals surface area contributed by atoms with Crippen LogP contribution >= 0.6 is 0 Å². The Morgan fingerprint density at radius 1 is 1.12 bits per heavy atom. The van der Waals surface area contributed by atoms with E-state index in [-0.39, 0.29) is 6.04 Å². The lowest BCUT2D eigenvalue weighted by atomic mass is 10.1.